The monoisotopic (exact) mass is 378 g/mol. The Balaban J connectivity index is 1.80. The molecule has 0 radical (unpaired) electrons. The topological polar surface area (TPSA) is 55.8 Å². The van der Waals surface area contributed by atoms with Crippen LogP contribution in [0.3, 0.4) is 0 Å². The lowest BCUT2D eigenvalue weighted by Crippen LogP contribution is -2.00. The molecule has 0 atom stereocenters. The number of benzene rings is 3. The van der Waals surface area contributed by atoms with E-state index in [9.17, 15) is 14.3 Å². The first-order valence-corrected chi connectivity index (χ1v) is 8.62. The lowest BCUT2D eigenvalue weighted by atomic mass is 10.0. The predicted octanol–water partition coefficient (Wildman–Crippen LogP) is 5.04. The number of carbonyl (C=O) groups is 1. The van der Waals surface area contributed by atoms with Crippen molar-refractivity contribution in [1.29, 1.82) is 0 Å². The summed E-state index contributed by atoms with van der Waals surface area (Å²) in [6.07, 6.45) is 1.59. The number of ether oxygens (including phenoxy) is 2. The van der Waals surface area contributed by atoms with Gasteiger partial charge in [0.1, 0.15) is 23.9 Å². The van der Waals surface area contributed by atoms with Gasteiger partial charge in [-0.05, 0) is 59.2 Å². The quantitative estimate of drug-likeness (QED) is 0.462. The zero-order valence-corrected chi connectivity index (χ0v) is 15.3. The molecule has 0 spiro atoms. The van der Waals surface area contributed by atoms with Crippen molar-refractivity contribution in [2.75, 3.05) is 7.11 Å². The third kappa shape index (κ3) is 4.98. The molecule has 0 bridgehead atoms. The molecule has 0 unspecified atom stereocenters. The number of hydrogen-bond donors (Lipinski definition) is 1. The first kappa shape index (κ1) is 19.2. The van der Waals surface area contributed by atoms with E-state index in [1.165, 1.54) is 12.1 Å². The zero-order chi connectivity index (χ0) is 19.9. The van der Waals surface area contributed by atoms with E-state index in [1.54, 1.807) is 73.8 Å². The maximum Gasteiger partial charge on any atom is 0.336 e. The average Bonchev–Trinajstić information content (AvgIpc) is 2.72. The van der Waals surface area contributed by atoms with Gasteiger partial charge < -0.3 is 14.6 Å². The largest absolute Gasteiger partial charge is 0.497 e. The summed E-state index contributed by atoms with van der Waals surface area (Å²) in [7, 11) is 1.56. The Bertz CT molecular complexity index is 976. The smallest absolute Gasteiger partial charge is 0.336 e. The van der Waals surface area contributed by atoms with Crippen LogP contribution in [0.15, 0.2) is 72.8 Å². The number of carboxylic acids is 1. The Morgan fingerprint density at radius 1 is 1.00 bits per heavy atom. The van der Waals surface area contributed by atoms with Crippen LogP contribution >= 0.6 is 0 Å². The van der Waals surface area contributed by atoms with Gasteiger partial charge in [0.15, 0.2) is 0 Å². The molecule has 0 aliphatic carbocycles. The molecule has 0 fully saturated rings. The van der Waals surface area contributed by atoms with Crippen LogP contribution in [-0.2, 0) is 11.4 Å². The van der Waals surface area contributed by atoms with Crippen LogP contribution < -0.4 is 9.47 Å². The second-order valence-electron chi connectivity index (χ2n) is 6.08. The van der Waals surface area contributed by atoms with Gasteiger partial charge in [-0.2, -0.15) is 0 Å². The molecule has 4 nitrogen and oxygen atoms in total. The van der Waals surface area contributed by atoms with E-state index in [-0.39, 0.29) is 18.0 Å². The number of methoxy groups -OCH3 is 1. The summed E-state index contributed by atoms with van der Waals surface area (Å²) in [5, 5.41) is 9.60. The highest BCUT2D eigenvalue weighted by Gasteiger charge is 2.11. The Labute approximate surface area is 162 Å². The fourth-order valence-electron chi connectivity index (χ4n) is 2.65. The van der Waals surface area contributed by atoms with Gasteiger partial charge in [-0.1, -0.05) is 36.4 Å². The van der Waals surface area contributed by atoms with Crippen molar-refractivity contribution < 1.29 is 23.8 Å². The summed E-state index contributed by atoms with van der Waals surface area (Å²) in [5.74, 6) is -0.0689. The fraction of sp³-hybridized carbons (Fsp3) is 0.0870. The molecule has 3 rings (SSSR count). The average molecular weight is 378 g/mol. The number of halogens is 1. The summed E-state index contributed by atoms with van der Waals surface area (Å²) < 4.78 is 23.8. The Morgan fingerprint density at radius 3 is 2.36 bits per heavy atom. The SMILES string of the molecule is COc1ccc(/C(=C/c2cccc(OCc3ccc(F)cc3)c2)C(=O)O)cc1. The Hall–Kier alpha value is -3.60. The van der Waals surface area contributed by atoms with Crippen LogP contribution in [0.4, 0.5) is 4.39 Å². The van der Waals surface area contributed by atoms with Gasteiger partial charge in [0.2, 0.25) is 0 Å². The molecule has 0 amide bonds. The first-order chi connectivity index (χ1) is 13.5. The zero-order valence-electron chi connectivity index (χ0n) is 15.3. The number of rotatable bonds is 7. The third-order valence-electron chi connectivity index (χ3n) is 4.12. The van der Waals surface area contributed by atoms with E-state index >= 15 is 0 Å². The van der Waals surface area contributed by atoms with Crippen LogP contribution in [0, 0.1) is 5.82 Å². The third-order valence-corrected chi connectivity index (χ3v) is 4.12. The first-order valence-electron chi connectivity index (χ1n) is 8.62. The molecule has 142 valence electrons. The van der Waals surface area contributed by atoms with Crippen molar-refractivity contribution in [2.45, 2.75) is 6.61 Å². The van der Waals surface area contributed by atoms with Gasteiger partial charge in [-0.25, -0.2) is 9.18 Å². The number of aliphatic carboxylic acids is 1. The van der Waals surface area contributed by atoms with Crippen molar-refractivity contribution in [3.05, 3.63) is 95.3 Å². The van der Waals surface area contributed by atoms with E-state index < -0.39 is 5.97 Å². The van der Waals surface area contributed by atoms with Crippen molar-refractivity contribution >= 4 is 17.6 Å². The van der Waals surface area contributed by atoms with Crippen LogP contribution in [0.25, 0.3) is 11.6 Å². The van der Waals surface area contributed by atoms with Crippen LogP contribution in [0.1, 0.15) is 16.7 Å². The molecular formula is C23H19FO4. The molecular weight excluding hydrogens is 359 g/mol. The maximum atomic E-state index is 13.0. The van der Waals surface area contributed by atoms with Gasteiger partial charge >= 0.3 is 5.97 Å². The van der Waals surface area contributed by atoms with Crippen molar-refractivity contribution in [1.82, 2.24) is 0 Å². The van der Waals surface area contributed by atoms with Crippen molar-refractivity contribution in [2.24, 2.45) is 0 Å². The summed E-state index contributed by atoms with van der Waals surface area (Å²) in [6.45, 7) is 0.289. The normalized spacial score (nSPS) is 11.1. The molecule has 5 heteroatoms. The summed E-state index contributed by atoms with van der Waals surface area (Å²) in [5.41, 5.74) is 2.28. The van der Waals surface area contributed by atoms with Crippen LogP contribution in [0.2, 0.25) is 0 Å². The molecule has 28 heavy (non-hydrogen) atoms. The highest BCUT2D eigenvalue weighted by molar-refractivity contribution is 6.20. The van der Waals surface area contributed by atoms with Gasteiger partial charge in [0.25, 0.3) is 0 Å². The van der Waals surface area contributed by atoms with E-state index in [2.05, 4.69) is 0 Å². The predicted molar refractivity (Wildman–Crippen MR) is 106 cm³/mol. The van der Waals surface area contributed by atoms with Crippen LogP contribution in [0.5, 0.6) is 11.5 Å². The van der Waals surface area contributed by atoms with Gasteiger partial charge in [-0.15, -0.1) is 0 Å². The van der Waals surface area contributed by atoms with E-state index in [0.717, 1.165) is 5.56 Å². The molecule has 3 aromatic rings. The molecule has 3 aromatic carbocycles. The molecule has 0 saturated heterocycles. The molecule has 0 aliphatic heterocycles. The Kier molecular flexibility index (Phi) is 6.07. The number of hydrogen-bond acceptors (Lipinski definition) is 3. The van der Waals surface area contributed by atoms with Crippen LogP contribution in [-0.4, -0.2) is 18.2 Å². The summed E-state index contributed by atoms with van der Waals surface area (Å²) in [4.78, 5) is 11.7. The van der Waals surface area contributed by atoms with E-state index in [1.807, 2.05) is 0 Å². The highest BCUT2D eigenvalue weighted by atomic mass is 19.1. The van der Waals surface area contributed by atoms with E-state index in [4.69, 9.17) is 9.47 Å². The van der Waals surface area contributed by atoms with Crippen molar-refractivity contribution in [3.63, 3.8) is 0 Å². The minimum atomic E-state index is -1.03. The standard InChI is InChI=1S/C23H19FO4/c1-27-20-11-7-18(8-12-20)22(23(25)26)14-17-3-2-4-21(13-17)28-15-16-5-9-19(24)10-6-16/h2-14H,15H2,1H3,(H,25,26)/b22-14-. The lowest BCUT2D eigenvalue weighted by molar-refractivity contribution is -0.130. The van der Waals surface area contributed by atoms with Gasteiger partial charge in [0.05, 0.1) is 12.7 Å². The molecule has 0 aromatic heterocycles. The molecule has 0 saturated carbocycles. The molecule has 1 N–H and O–H groups in total. The Morgan fingerprint density at radius 2 is 1.71 bits per heavy atom. The minimum absolute atomic E-state index is 0.165. The second-order valence-corrected chi connectivity index (χ2v) is 6.08. The van der Waals surface area contributed by atoms with Gasteiger partial charge in [0, 0.05) is 0 Å². The maximum absolute atomic E-state index is 13.0. The highest BCUT2D eigenvalue weighted by Crippen LogP contribution is 2.23. The van der Waals surface area contributed by atoms with Crippen molar-refractivity contribution in [3.8, 4) is 11.5 Å². The minimum Gasteiger partial charge on any atom is -0.497 e. The summed E-state index contributed by atoms with van der Waals surface area (Å²) in [6, 6.07) is 20.1. The molecule has 0 aliphatic rings. The molecule has 0 heterocycles. The van der Waals surface area contributed by atoms with Gasteiger partial charge in [-0.3, -0.25) is 0 Å². The summed E-state index contributed by atoms with van der Waals surface area (Å²) >= 11 is 0. The lowest BCUT2D eigenvalue weighted by Gasteiger charge is -2.08. The second kappa shape index (κ2) is 8.86. The fourth-order valence-corrected chi connectivity index (χ4v) is 2.65. The van der Waals surface area contributed by atoms with E-state index in [0.29, 0.717) is 22.6 Å². The number of carboxylic acid groups (broad SMARTS) is 1.